The molecular formula is C21H26N2O2. The van der Waals surface area contributed by atoms with E-state index in [2.05, 4.69) is 47.4 Å². The largest absolute Gasteiger partial charge is 0.459 e. The Labute approximate surface area is 149 Å². The molecule has 1 unspecified atom stereocenters. The number of aryl methyl sites for hydroxylation is 1. The monoisotopic (exact) mass is 338 g/mol. The van der Waals surface area contributed by atoms with Crippen LogP contribution in [0, 0.1) is 0 Å². The van der Waals surface area contributed by atoms with Gasteiger partial charge < -0.3 is 8.94 Å². The molecule has 0 radical (unpaired) electrons. The van der Waals surface area contributed by atoms with Crippen LogP contribution in [0.15, 0.2) is 57.7 Å². The van der Waals surface area contributed by atoms with Crippen LogP contribution in [0.1, 0.15) is 62.8 Å². The summed E-state index contributed by atoms with van der Waals surface area (Å²) >= 11 is 0. The van der Waals surface area contributed by atoms with Crippen LogP contribution >= 0.6 is 0 Å². The van der Waals surface area contributed by atoms with Gasteiger partial charge in [-0.15, -0.1) is 0 Å². The molecule has 3 rings (SSSR count). The van der Waals surface area contributed by atoms with Gasteiger partial charge in [0.2, 0.25) is 0 Å². The molecule has 0 saturated heterocycles. The van der Waals surface area contributed by atoms with Crippen LogP contribution in [-0.2, 0) is 6.42 Å². The smallest absolute Gasteiger partial charge is 0.293 e. The summed E-state index contributed by atoms with van der Waals surface area (Å²) in [5, 5.41) is 4.15. The van der Waals surface area contributed by atoms with Crippen molar-refractivity contribution in [3.63, 3.8) is 0 Å². The average molecular weight is 338 g/mol. The second kappa shape index (κ2) is 9.21. The van der Waals surface area contributed by atoms with E-state index in [-0.39, 0.29) is 0 Å². The summed E-state index contributed by atoms with van der Waals surface area (Å²) in [7, 11) is 0. The zero-order valence-corrected chi connectivity index (χ0v) is 14.9. The lowest BCUT2D eigenvalue weighted by atomic mass is 9.97. The molecule has 25 heavy (non-hydrogen) atoms. The van der Waals surface area contributed by atoms with Gasteiger partial charge in [0.05, 0.1) is 6.26 Å². The van der Waals surface area contributed by atoms with E-state index in [0.717, 1.165) is 18.7 Å². The fraction of sp³-hybridized carbons (Fsp3) is 0.429. The van der Waals surface area contributed by atoms with Crippen molar-refractivity contribution >= 4 is 0 Å². The van der Waals surface area contributed by atoms with Crippen LogP contribution in [0.5, 0.6) is 0 Å². The quantitative estimate of drug-likeness (QED) is 0.424. The highest BCUT2D eigenvalue weighted by Crippen LogP contribution is 2.26. The molecule has 0 aliphatic heterocycles. The minimum absolute atomic E-state index is 0.363. The lowest BCUT2D eigenvalue weighted by molar-refractivity contribution is 0.398. The van der Waals surface area contributed by atoms with Crippen molar-refractivity contribution in [3.05, 3.63) is 60.1 Å². The Morgan fingerprint density at radius 3 is 2.56 bits per heavy atom. The predicted molar refractivity (Wildman–Crippen MR) is 98.3 cm³/mol. The Hall–Kier alpha value is -2.36. The molecule has 0 bridgehead atoms. The number of aromatic nitrogens is 2. The molecule has 132 valence electrons. The van der Waals surface area contributed by atoms with Crippen LogP contribution in [0.3, 0.4) is 0 Å². The lowest BCUT2D eigenvalue weighted by Crippen LogP contribution is -2.00. The molecule has 4 nitrogen and oxygen atoms in total. The third-order valence-electron chi connectivity index (χ3n) is 4.64. The molecule has 0 saturated carbocycles. The van der Waals surface area contributed by atoms with Crippen molar-refractivity contribution in [2.45, 2.75) is 57.8 Å². The highest BCUT2D eigenvalue weighted by Gasteiger charge is 2.18. The van der Waals surface area contributed by atoms with Crippen molar-refractivity contribution in [2.24, 2.45) is 0 Å². The predicted octanol–water partition coefficient (Wildman–Crippen LogP) is 6.02. The molecule has 2 aromatic heterocycles. The van der Waals surface area contributed by atoms with E-state index in [1.165, 1.54) is 37.7 Å². The first kappa shape index (κ1) is 17.5. The van der Waals surface area contributed by atoms with Gasteiger partial charge >= 0.3 is 0 Å². The second-order valence-corrected chi connectivity index (χ2v) is 6.48. The fourth-order valence-corrected chi connectivity index (χ4v) is 3.13. The molecular weight excluding hydrogens is 312 g/mol. The molecule has 0 spiro atoms. The standard InChI is InChI=1S/C21H26N2O2/c1-2-18(20-22-21(25-23-20)19-15-10-16-24-19)14-9-4-3-6-11-17-12-7-5-8-13-17/h5,7-8,10,12-13,15-16,18H,2-4,6,9,11,14H2,1H3. The van der Waals surface area contributed by atoms with Crippen molar-refractivity contribution in [3.8, 4) is 11.7 Å². The highest BCUT2D eigenvalue weighted by atomic mass is 16.5. The molecule has 1 atom stereocenters. The summed E-state index contributed by atoms with van der Waals surface area (Å²) in [6, 6.07) is 14.4. The summed E-state index contributed by atoms with van der Waals surface area (Å²) in [6.07, 6.45) is 9.92. The maximum Gasteiger partial charge on any atom is 0.293 e. The highest BCUT2D eigenvalue weighted by molar-refractivity contribution is 5.42. The second-order valence-electron chi connectivity index (χ2n) is 6.48. The van der Waals surface area contributed by atoms with E-state index in [4.69, 9.17) is 8.94 Å². The third-order valence-corrected chi connectivity index (χ3v) is 4.64. The van der Waals surface area contributed by atoms with Gasteiger partial charge in [0.1, 0.15) is 0 Å². The molecule has 3 aromatic rings. The van der Waals surface area contributed by atoms with Gasteiger partial charge in [-0.3, -0.25) is 0 Å². The maximum atomic E-state index is 5.33. The van der Waals surface area contributed by atoms with E-state index in [9.17, 15) is 0 Å². The summed E-state index contributed by atoms with van der Waals surface area (Å²) in [6.45, 7) is 2.18. The zero-order valence-electron chi connectivity index (χ0n) is 14.9. The zero-order chi connectivity index (χ0) is 17.3. The summed E-state index contributed by atoms with van der Waals surface area (Å²) in [4.78, 5) is 4.51. The number of rotatable bonds is 10. The molecule has 0 amide bonds. The number of furan rings is 1. The van der Waals surface area contributed by atoms with Gasteiger partial charge in [-0.2, -0.15) is 4.98 Å². The van der Waals surface area contributed by atoms with Crippen LogP contribution in [-0.4, -0.2) is 10.1 Å². The molecule has 0 N–H and O–H groups in total. The molecule has 2 heterocycles. The van der Waals surface area contributed by atoms with E-state index in [0.29, 0.717) is 17.6 Å². The molecule has 4 heteroatoms. The average Bonchev–Trinajstić information content (AvgIpc) is 3.33. The van der Waals surface area contributed by atoms with Gasteiger partial charge in [-0.25, -0.2) is 0 Å². The molecule has 0 aliphatic carbocycles. The summed E-state index contributed by atoms with van der Waals surface area (Å²) in [5.74, 6) is 2.27. The topological polar surface area (TPSA) is 52.1 Å². The van der Waals surface area contributed by atoms with E-state index < -0.39 is 0 Å². The van der Waals surface area contributed by atoms with Gasteiger partial charge in [-0.1, -0.05) is 61.7 Å². The lowest BCUT2D eigenvalue weighted by Gasteiger charge is -2.10. The van der Waals surface area contributed by atoms with Gasteiger partial charge in [0, 0.05) is 5.92 Å². The molecule has 0 fully saturated rings. The number of nitrogens with zero attached hydrogens (tertiary/aromatic N) is 2. The molecule has 1 aromatic carbocycles. The normalized spacial score (nSPS) is 12.4. The Bertz CT molecular complexity index is 719. The minimum Gasteiger partial charge on any atom is -0.459 e. The Morgan fingerprint density at radius 2 is 1.80 bits per heavy atom. The van der Waals surface area contributed by atoms with E-state index in [1.54, 1.807) is 6.26 Å². The van der Waals surface area contributed by atoms with Crippen LogP contribution in [0.2, 0.25) is 0 Å². The SMILES string of the molecule is CCC(CCCCCCc1ccccc1)c1noc(-c2ccco2)n1. The van der Waals surface area contributed by atoms with Crippen molar-refractivity contribution in [1.29, 1.82) is 0 Å². The fourth-order valence-electron chi connectivity index (χ4n) is 3.13. The van der Waals surface area contributed by atoms with Gasteiger partial charge in [0.25, 0.3) is 5.89 Å². The van der Waals surface area contributed by atoms with E-state index >= 15 is 0 Å². The Balaban J connectivity index is 1.39. The third kappa shape index (κ3) is 5.05. The first-order valence-electron chi connectivity index (χ1n) is 9.28. The number of hydrogen-bond donors (Lipinski definition) is 0. The Kier molecular flexibility index (Phi) is 6.43. The summed E-state index contributed by atoms with van der Waals surface area (Å²) < 4.78 is 10.6. The van der Waals surface area contributed by atoms with Crippen LogP contribution in [0.4, 0.5) is 0 Å². The number of unbranched alkanes of at least 4 members (excludes halogenated alkanes) is 3. The Morgan fingerprint density at radius 1 is 0.960 bits per heavy atom. The van der Waals surface area contributed by atoms with Crippen molar-refractivity contribution in [1.82, 2.24) is 10.1 Å². The van der Waals surface area contributed by atoms with Gasteiger partial charge in [-0.05, 0) is 43.4 Å². The van der Waals surface area contributed by atoms with Gasteiger partial charge in [0.15, 0.2) is 11.6 Å². The van der Waals surface area contributed by atoms with Crippen molar-refractivity contribution in [2.75, 3.05) is 0 Å². The first-order chi connectivity index (χ1) is 12.4. The maximum absolute atomic E-state index is 5.33. The van der Waals surface area contributed by atoms with Crippen LogP contribution in [0.25, 0.3) is 11.7 Å². The number of benzene rings is 1. The van der Waals surface area contributed by atoms with E-state index in [1.807, 2.05) is 12.1 Å². The number of hydrogen-bond acceptors (Lipinski definition) is 4. The summed E-state index contributed by atoms with van der Waals surface area (Å²) in [5.41, 5.74) is 1.44. The van der Waals surface area contributed by atoms with Crippen LogP contribution < -0.4 is 0 Å². The minimum atomic E-state index is 0.363. The van der Waals surface area contributed by atoms with Crippen molar-refractivity contribution < 1.29 is 8.94 Å². The molecule has 0 aliphatic rings. The first-order valence-corrected chi connectivity index (χ1v) is 9.28.